The summed E-state index contributed by atoms with van der Waals surface area (Å²) < 4.78 is 3.54. The highest BCUT2D eigenvalue weighted by molar-refractivity contribution is 9.10. The molecular weight excluding hydrogens is 598 g/mol. The van der Waals surface area contributed by atoms with Crippen LogP contribution in [0.3, 0.4) is 0 Å². The van der Waals surface area contributed by atoms with Crippen molar-refractivity contribution in [2.24, 2.45) is 0 Å². The van der Waals surface area contributed by atoms with E-state index in [-0.39, 0.29) is 0 Å². The molecule has 208 valence electrons. The maximum absolute atomic E-state index is 3.60. The van der Waals surface area contributed by atoms with Gasteiger partial charge in [-0.05, 0) is 69.3 Å². The lowest BCUT2D eigenvalue weighted by Gasteiger charge is -2.17. The van der Waals surface area contributed by atoms with Gasteiger partial charge in [-0.3, -0.25) is 0 Å². The average Bonchev–Trinajstić information content (AvgIpc) is 3.43. The normalized spacial score (nSPS) is 11.3. The number of benzene rings is 7. The average molecular weight is 627 g/mol. The Bertz CT molecular complexity index is 2260. The fourth-order valence-electron chi connectivity index (χ4n) is 6.40. The third kappa shape index (κ3) is 4.65. The zero-order valence-electron chi connectivity index (χ0n) is 24.0. The molecule has 0 aliphatic heterocycles. The molecule has 0 saturated heterocycles. The van der Waals surface area contributed by atoms with E-state index >= 15 is 0 Å². The van der Waals surface area contributed by atoms with Crippen molar-refractivity contribution in [2.45, 2.75) is 0 Å². The Labute approximate surface area is 265 Å². The van der Waals surface area contributed by atoms with Gasteiger partial charge in [0.25, 0.3) is 0 Å². The topological polar surface area (TPSA) is 4.93 Å². The summed E-state index contributed by atoms with van der Waals surface area (Å²) in [6.45, 7) is 0. The van der Waals surface area contributed by atoms with Crippen LogP contribution in [0.15, 0.2) is 174 Å². The SMILES string of the molecule is Brc1ccc(-c2ccccc2-c2ccc3c4ccccc4n(-c4cc(-c5ccccc5)ccc4-c4ccccc4)c3c2)cc1. The summed E-state index contributed by atoms with van der Waals surface area (Å²) in [5, 5.41) is 2.49. The Kier molecular flexibility index (Phi) is 6.70. The minimum Gasteiger partial charge on any atom is -0.309 e. The van der Waals surface area contributed by atoms with Crippen LogP contribution in [0.2, 0.25) is 0 Å². The lowest BCUT2D eigenvalue weighted by molar-refractivity contribution is 1.18. The number of para-hydroxylation sites is 1. The van der Waals surface area contributed by atoms with Crippen LogP contribution in [-0.4, -0.2) is 4.57 Å². The number of hydrogen-bond acceptors (Lipinski definition) is 0. The van der Waals surface area contributed by atoms with Gasteiger partial charge in [0.05, 0.1) is 16.7 Å². The highest BCUT2D eigenvalue weighted by Gasteiger charge is 2.18. The Hall–Kier alpha value is -5.18. The first kappa shape index (κ1) is 26.4. The summed E-state index contributed by atoms with van der Waals surface area (Å²) >= 11 is 3.60. The Balaban J connectivity index is 1.42. The van der Waals surface area contributed by atoms with Crippen molar-refractivity contribution >= 4 is 37.7 Å². The van der Waals surface area contributed by atoms with Crippen LogP contribution in [-0.2, 0) is 0 Å². The van der Waals surface area contributed by atoms with E-state index in [9.17, 15) is 0 Å². The van der Waals surface area contributed by atoms with E-state index < -0.39 is 0 Å². The smallest absolute Gasteiger partial charge is 0.0547 e. The Morgan fingerprint density at radius 2 is 0.886 bits per heavy atom. The second kappa shape index (κ2) is 11.1. The van der Waals surface area contributed by atoms with Crippen molar-refractivity contribution in [3.8, 4) is 50.2 Å². The first-order chi connectivity index (χ1) is 21.7. The lowest BCUT2D eigenvalue weighted by atomic mass is 9.94. The molecule has 0 aliphatic carbocycles. The molecule has 0 fully saturated rings. The number of rotatable bonds is 5. The summed E-state index contributed by atoms with van der Waals surface area (Å²) in [5.41, 5.74) is 13.2. The number of hydrogen-bond donors (Lipinski definition) is 0. The fourth-order valence-corrected chi connectivity index (χ4v) is 6.67. The Morgan fingerprint density at radius 1 is 0.341 bits per heavy atom. The summed E-state index contributed by atoms with van der Waals surface area (Å²) in [6.07, 6.45) is 0. The molecular formula is C42H28BrN. The minimum absolute atomic E-state index is 1.08. The molecule has 0 N–H and O–H groups in total. The summed E-state index contributed by atoms with van der Waals surface area (Å²) in [6, 6.07) is 61.3. The van der Waals surface area contributed by atoms with Crippen molar-refractivity contribution < 1.29 is 0 Å². The van der Waals surface area contributed by atoms with E-state index in [0.29, 0.717) is 0 Å². The molecule has 0 amide bonds. The molecule has 0 radical (unpaired) electrons. The minimum atomic E-state index is 1.08. The van der Waals surface area contributed by atoms with E-state index in [1.54, 1.807) is 0 Å². The number of halogens is 1. The predicted molar refractivity (Wildman–Crippen MR) is 190 cm³/mol. The van der Waals surface area contributed by atoms with Gasteiger partial charge >= 0.3 is 0 Å². The molecule has 44 heavy (non-hydrogen) atoms. The lowest BCUT2D eigenvalue weighted by Crippen LogP contribution is -1.98. The first-order valence-electron chi connectivity index (χ1n) is 14.9. The van der Waals surface area contributed by atoms with Crippen molar-refractivity contribution in [2.75, 3.05) is 0 Å². The van der Waals surface area contributed by atoms with Crippen LogP contribution in [0.5, 0.6) is 0 Å². The van der Waals surface area contributed by atoms with E-state index in [1.165, 1.54) is 72.0 Å². The maximum Gasteiger partial charge on any atom is 0.0547 e. The van der Waals surface area contributed by atoms with Gasteiger partial charge in [0, 0.05) is 20.8 Å². The number of nitrogens with zero attached hydrogens (tertiary/aromatic N) is 1. The molecule has 8 aromatic rings. The second-order valence-corrected chi connectivity index (χ2v) is 12.0. The van der Waals surface area contributed by atoms with Crippen molar-refractivity contribution in [1.29, 1.82) is 0 Å². The van der Waals surface area contributed by atoms with Crippen LogP contribution in [0.25, 0.3) is 72.0 Å². The fraction of sp³-hybridized carbons (Fsp3) is 0. The molecule has 0 bridgehead atoms. The van der Waals surface area contributed by atoms with Crippen molar-refractivity contribution in [1.82, 2.24) is 4.57 Å². The van der Waals surface area contributed by atoms with E-state index in [1.807, 2.05) is 0 Å². The van der Waals surface area contributed by atoms with Crippen LogP contribution in [0, 0.1) is 0 Å². The quantitative estimate of drug-likeness (QED) is 0.179. The van der Waals surface area contributed by atoms with E-state index in [2.05, 4.69) is 190 Å². The van der Waals surface area contributed by atoms with Gasteiger partial charge in [-0.25, -0.2) is 0 Å². The predicted octanol–water partition coefficient (Wildman–Crippen LogP) is 12.2. The molecule has 8 rings (SSSR count). The van der Waals surface area contributed by atoms with Crippen LogP contribution in [0.4, 0.5) is 0 Å². The molecule has 1 nitrogen and oxygen atoms in total. The van der Waals surface area contributed by atoms with Crippen molar-refractivity contribution in [3.05, 3.63) is 174 Å². The molecule has 0 aliphatic rings. The Morgan fingerprint density at radius 3 is 1.64 bits per heavy atom. The number of aromatic nitrogens is 1. The van der Waals surface area contributed by atoms with Gasteiger partial charge < -0.3 is 4.57 Å². The third-order valence-corrected chi connectivity index (χ3v) is 9.03. The molecule has 0 spiro atoms. The summed E-state index contributed by atoms with van der Waals surface area (Å²) in [7, 11) is 0. The van der Waals surface area contributed by atoms with Gasteiger partial charge in [0.2, 0.25) is 0 Å². The largest absolute Gasteiger partial charge is 0.309 e. The van der Waals surface area contributed by atoms with Gasteiger partial charge in [-0.15, -0.1) is 0 Å². The third-order valence-electron chi connectivity index (χ3n) is 8.50. The molecule has 0 atom stereocenters. The van der Waals surface area contributed by atoms with Crippen molar-refractivity contribution in [3.63, 3.8) is 0 Å². The number of fused-ring (bicyclic) bond motifs is 3. The standard InChI is InChI=1S/C42H28BrN/c43-34-23-19-31(20-24-34)35-15-7-8-16-36(35)33-22-26-39-38-17-9-10-18-40(38)44(42(39)28-33)41-27-32(29-11-3-1-4-12-29)21-25-37(41)30-13-5-2-6-14-30/h1-28H. The van der Waals surface area contributed by atoms with E-state index in [0.717, 1.165) is 4.47 Å². The van der Waals surface area contributed by atoms with E-state index in [4.69, 9.17) is 0 Å². The highest BCUT2D eigenvalue weighted by atomic mass is 79.9. The van der Waals surface area contributed by atoms with Crippen LogP contribution >= 0.6 is 15.9 Å². The molecule has 2 heteroatoms. The van der Waals surface area contributed by atoms with Gasteiger partial charge in [0.1, 0.15) is 0 Å². The highest BCUT2D eigenvalue weighted by Crippen LogP contribution is 2.41. The molecule has 7 aromatic carbocycles. The van der Waals surface area contributed by atoms with Crippen LogP contribution < -0.4 is 0 Å². The zero-order chi connectivity index (χ0) is 29.5. The maximum atomic E-state index is 3.60. The molecule has 0 unspecified atom stereocenters. The molecule has 1 aromatic heterocycles. The van der Waals surface area contributed by atoms with Gasteiger partial charge in [-0.2, -0.15) is 0 Å². The van der Waals surface area contributed by atoms with Gasteiger partial charge in [0.15, 0.2) is 0 Å². The second-order valence-electron chi connectivity index (χ2n) is 11.1. The van der Waals surface area contributed by atoms with Gasteiger partial charge in [-0.1, -0.05) is 155 Å². The molecule has 0 saturated carbocycles. The summed E-state index contributed by atoms with van der Waals surface area (Å²) in [4.78, 5) is 0. The zero-order valence-corrected chi connectivity index (χ0v) is 25.6. The first-order valence-corrected chi connectivity index (χ1v) is 15.7. The summed E-state index contributed by atoms with van der Waals surface area (Å²) in [5.74, 6) is 0. The monoisotopic (exact) mass is 625 g/mol. The molecule has 1 heterocycles. The van der Waals surface area contributed by atoms with Crippen LogP contribution in [0.1, 0.15) is 0 Å².